The Morgan fingerprint density at radius 1 is 1.22 bits per heavy atom. The van der Waals surface area contributed by atoms with Crippen LogP contribution >= 0.6 is 0 Å². The van der Waals surface area contributed by atoms with E-state index in [1.807, 2.05) is 42.5 Å². The predicted octanol–water partition coefficient (Wildman–Crippen LogP) is 2.40. The van der Waals surface area contributed by atoms with Gasteiger partial charge in [0.2, 0.25) is 15.9 Å². The van der Waals surface area contributed by atoms with E-state index in [0.29, 0.717) is 32.5 Å². The number of carbonyl (C=O) groups is 1. The summed E-state index contributed by atoms with van der Waals surface area (Å²) in [4.78, 5) is 12.4. The lowest BCUT2D eigenvalue weighted by atomic mass is 9.99. The fourth-order valence-corrected chi connectivity index (χ4v) is 4.57. The van der Waals surface area contributed by atoms with Crippen LogP contribution in [0.4, 0.5) is 0 Å². The summed E-state index contributed by atoms with van der Waals surface area (Å²) in [6.45, 7) is 3.16. The van der Waals surface area contributed by atoms with Crippen LogP contribution in [-0.2, 0) is 14.8 Å². The first kappa shape index (κ1) is 19.6. The maximum atomic E-state index is 12.4. The number of nitrogens with zero attached hydrogens (tertiary/aromatic N) is 1. The third-order valence-corrected chi connectivity index (χ3v) is 6.77. The predicted molar refractivity (Wildman–Crippen MR) is 106 cm³/mol. The molecule has 0 saturated carbocycles. The highest BCUT2D eigenvalue weighted by molar-refractivity contribution is 7.89. The Balaban J connectivity index is 1.49. The molecule has 2 aromatic rings. The van der Waals surface area contributed by atoms with Gasteiger partial charge in [0.05, 0.1) is 18.2 Å². The summed E-state index contributed by atoms with van der Waals surface area (Å²) >= 11 is 0. The third kappa shape index (κ3) is 4.78. The molecule has 1 fully saturated rings. The fourth-order valence-electron chi connectivity index (χ4n) is 3.39. The molecule has 0 bridgehead atoms. The van der Waals surface area contributed by atoms with Crippen molar-refractivity contribution in [2.45, 2.75) is 19.8 Å². The molecule has 1 aliphatic heterocycles. The summed E-state index contributed by atoms with van der Waals surface area (Å²) in [6, 6.07) is 13.9. The first-order valence-corrected chi connectivity index (χ1v) is 11.0. The van der Waals surface area contributed by atoms with Crippen LogP contribution in [0.3, 0.4) is 0 Å². The van der Waals surface area contributed by atoms with Crippen LogP contribution in [0.25, 0.3) is 10.8 Å². The second-order valence-electron chi connectivity index (χ2n) is 6.71. The lowest BCUT2D eigenvalue weighted by Crippen LogP contribution is -2.46. The van der Waals surface area contributed by atoms with E-state index in [4.69, 9.17) is 4.74 Å². The van der Waals surface area contributed by atoms with E-state index in [-0.39, 0.29) is 24.1 Å². The Kier molecular flexibility index (Phi) is 6.34. The molecule has 7 heteroatoms. The Labute approximate surface area is 160 Å². The van der Waals surface area contributed by atoms with Crippen LogP contribution in [0.2, 0.25) is 0 Å². The molecule has 2 aromatic carbocycles. The summed E-state index contributed by atoms with van der Waals surface area (Å²) in [5.41, 5.74) is 0. The highest BCUT2D eigenvalue weighted by atomic mass is 32.2. The molecule has 0 radical (unpaired) electrons. The van der Waals surface area contributed by atoms with Gasteiger partial charge in [0, 0.05) is 18.5 Å². The summed E-state index contributed by atoms with van der Waals surface area (Å²) in [6.07, 6.45) is 1.43. The quantitative estimate of drug-likeness (QED) is 0.737. The zero-order valence-corrected chi connectivity index (χ0v) is 16.4. The normalized spacial score (nSPS) is 18.3. The SMILES string of the molecule is CCS(=O)(=O)N1CCCC(C(=O)NCCOc2cccc3ccccc23)C1. The van der Waals surface area contributed by atoms with Crippen LogP contribution < -0.4 is 10.1 Å². The Hall–Kier alpha value is -2.12. The number of carbonyl (C=O) groups excluding carboxylic acids is 1. The van der Waals surface area contributed by atoms with Gasteiger partial charge in [0.15, 0.2) is 0 Å². The highest BCUT2D eigenvalue weighted by Crippen LogP contribution is 2.25. The van der Waals surface area contributed by atoms with E-state index in [1.165, 1.54) is 4.31 Å². The molecule has 1 N–H and O–H groups in total. The van der Waals surface area contributed by atoms with Gasteiger partial charge in [0.25, 0.3) is 0 Å². The van der Waals surface area contributed by atoms with Gasteiger partial charge in [-0.05, 0) is 31.2 Å². The summed E-state index contributed by atoms with van der Waals surface area (Å²) in [5.74, 6) is 0.464. The summed E-state index contributed by atoms with van der Waals surface area (Å²) in [7, 11) is -3.24. The molecule has 3 rings (SSSR count). The smallest absolute Gasteiger partial charge is 0.224 e. The second kappa shape index (κ2) is 8.71. The number of benzene rings is 2. The molecule has 0 aromatic heterocycles. The number of amides is 1. The molecular formula is C20H26N2O4S. The fraction of sp³-hybridized carbons (Fsp3) is 0.450. The number of nitrogens with one attached hydrogen (secondary N) is 1. The number of piperidine rings is 1. The summed E-state index contributed by atoms with van der Waals surface area (Å²) < 4.78 is 31.3. The van der Waals surface area contributed by atoms with Crippen LogP contribution in [0, 0.1) is 5.92 Å². The zero-order chi connectivity index (χ0) is 19.3. The van der Waals surface area contributed by atoms with Crippen molar-refractivity contribution < 1.29 is 17.9 Å². The first-order valence-electron chi connectivity index (χ1n) is 9.37. The van der Waals surface area contributed by atoms with Gasteiger partial charge in [-0.2, -0.15) is 0 Å². The van der Waals surface area contributed by atoms with Crippen molar-refractivity contribution in [1.29, 1.82) is 0 Å². The van der Waals surface area contributed by atoms with Gasteiger partial charge in [-0.15, -0.1) is 0 Å². The van der Waals surface area contributed by atoms with Crippen LogP contribution in [0.5, 0.6) is 5.75 Å². The maximum Gasteiger partial charge on any atom is 0.224 e. The maximum absolute atomic E-state index is 12.4. The van der Waals surface area contributed by atoms with E-state index in [9.17, 15) is 13.2 Å². The monoisotopic (exact) mass is 390 g/mol. The van der Waals surface area contributed by atoms with Crippen LogP contribution in [0.15, 0.2) is 42.5 Å². The molecule has 146 valence electrons. The van der Waals surface area contributed by atoms with Gasteiger partial charge in [-0.25, -0.2) is 12.7 Å². The topological polar surface area (TPSA) is 75.7 Å². The lowest BCUT2D eigenvalue weighted by Gasteiger charge is -2.30. The van der Waals surface area contributed by atoms with Crippen molar-refractivity contribution in [1.82, 2.24) is 9.62 Å². The van der Waals surface area contributed by atoms with Crippen molar-refractivity contribution in [2.24, 2.45) is 5.92 Å². The number of sulfonamides is 1. The van der Waals surface area contributed by atoms with E-state index >= 15 is 0 Å². The van der Waals surface area contributed by atoms with E-state index in [2.05, 4.69) is 5.32 Å². The zero-order valence-electron chi connectivity index (χ0n) is 15.6. The number of rotatable bonds is 7. The lowest BCUT2D eigenvalue weighted by molar-refractivity contribution is -0.126. The number of fused-ring (bicyclic) bond motifs is 1. The van der Waals surface area contributed by atoms with Gasteiger partial charge in [-0.1, -0.05) is 36.4 Å². The second-order valence-corrected chi connectivity index (χ2v) is 8.97. The van der Waals surface area contributed by atoms with Crippen molar-refractivity contribution in [3.8, 4) is 5.75 Å². The van der Waals surface area contributed by atoms with Crippen molar-refractivity contribution >= 4 is 26.7 Å². The molecule has 6 nitrogen and oxygen atoms in total. The first-order chi connectivity index (χ1) is 13.0. The van der Waals surface area contributed by atoms with Crippen molar-refractivity contribution in [3.05, 3.63) is 42.5 Å². The molecule has 0 spiro atoms. The largest absolute Gasteiger partial charge is 0.491 e. The van der Waals surface area contributed by atoms with Gasteiger partial charge in [0.1, 0.15) is 12.4 Å². The standard InChI is InChI=1S/C20H26N2O4S/c1-2-27(24,25)22-13-6-9-17(15-22)20(23)21-12-14-26-19-11-5-8-16-7-3-4-10-18(16)19/h3-5,7-8,10-11,17H,2,6,9,12-15H2,1H3,(H,21,23). The third-order valence-electron chi connectivity index (χ3n) is 4.92. The molecule has 1 amide bonds. The molecule has 1 aliphatic rings. The molecule has 1 unspecified atom stereocenters. The Morgan fingerprint density at radius 3 is 2.81 bits per heavy atom. The molecule has 1 heterocycles. The molecule has 27 heavy (non-hydrogen) atoms. The van der Waals surface area contributed by atoms with Gasteiger partial charge in [-0.3, -0.25) is 4.79 Å². The minimum Gasteiger partial charge on any atom is -0.491 e. The Morgan fingerprint density at radius 2 is 2.00 bits per heavy atom. The average Bonchev–Trinajstić information content (AvgIpc) is 2.71. The van der Waals surface area contributed by atoms with Crippen LogP contribution in [-0.4, -0.2) is 50.6 Å². The number of ether oxygens (including phenoxy) is 1. The molecule has 1 atom stereocenters. The van der Waals surface area contributed by atoms with Crippen molar-refractivity contribution in [2.75, 3.05) is 32.0 Å². The van der Waals surface area contributed by atoms with Gasteiger partial charge < -0.3 is 10.1 Å². The van der Waals surface area contributed by atoms with E-state index in [1.54, 1.807) is 6.92 Å². The molecule has 1 saturated heterocycles. The van der Waals surface area contributed by atoms with E-state index < -0.39 is 10.0 Å². The summed E-state index contributed by atoms with van der Waals surface area (Å²) in [5, 5.41) is 5.03. The van der Waals surface area contributed by atoms with Crippen LogP contribution in [0.1, 0.15) is 19.8 Å². The van der Waals surface area contributed by atoms with Crippen molar-refractivity contribution in [3.63, 3.8) is 0 Å². The molecular weight excluding hydrogens is 364 g/mol. The molecule has 0 aliphatic carbocycles. The number of hydrogen-bond acceptors (Lipinski definition) is 4. The van der Waals surface area contributed by atoms with Gasteiger partial charge >= 0.3 is 0 Å². The highest BCUT2D eigenvalue weighted by Gasteiger charge is 2.31. The minimum absolute atomic E-state index is 0.0697. The minimum atomic E-state index is -3.24. The average molecular weight is 391 g/mol. The Bertz CT molecular complexity index is 892. The van der Waals surface area contributed by atoms with E-state index in [0.717, 1.165) is 16.5 Å². The number of hydrogen-bond donors (Lipinski definition) is 1.